The Balaban J connectivity index is 0.995. The molecule has 14 atom stereocenters. The Bertz CT molecular complexity index is 918. The zero-order valence-electron chi connectivity index (χ0n) is 26.2. The van der Waals surface area contributed by atoms with Crippen LogP contribution in [-0.4, -0.2) is 45.7 Å². The van der Waals surface area contributed by atoms with Gasteiger partial charge in [0.1, 0.15) is 0 Å². The molecular weight excluding hydrogens is 518 g/mol. The van der Waals surface area contributed by atoms with Gasteiger partial charge >= 0.3 is 0 Å². The van der Waals surface area contributed by atoms with Gasteiger partial charge in [0.25, 0.3) is 0 Å². The van der Waals surface area contributed by atoms with Crippen LogP contribution in [0.25, 0.3) is 0 Å². The van der Waals surface area contributed by atoms with Gasteiger partial charge in [-0.1, -0.05) is 57.8 Å². The minimum atomic E-state index is 0.620. The molecule has 9 fully saturated rings. The van der Waals surface area contributed by atoms with E-state index in [-0.39, 0.29) is 0 Å². The van der Waals surface area contributed by atoms with Crippen molar-refractivity contribution in [3.05, 3.63) is 0 Å². The van der Waals surface area contributed by atoms with Gasteiger partial charge in [0.05, 0.1) is 12.2 Å². The first-order valence-electron chi connectivity index (χ1n) is 19.4. The molecule has 2 saturated heterocycles. The molecule has 2 aliphatic heterocycles. The van der Waals surface area contributed by atoms with Gasteiger partial charge in [0, 0.05) is 34.5 Å². The molecule has 0 radical (unpaired) electrons. The molecule has 3 heteroatoms. The van der Waals surface area contributed by atoms with Crippen LogP contribution >= 0.6 is 11.8 Å². The van der Waals surface area contributed by atoms with Crippen molar-refractivity contribution in [2.45, 2.75) is 189 Å². The van der Waals surface area contributed by atoms with Gasteiger partial charge in [0.2, 0.25) is 0 Å². The van der Waals surface area contributed by atoms with Gasteiger partial charge in [-0.2, -0.15) is 11.8 Å². The molecule has 0 spiro atoms. The minimum absolute atomic E-state index is 0.620. The molecule has 0 aromatic rings. The average molecular weight is 580 g/mol. The Kier molecular flexibility index (Phi) is 7.78. The SMILES string of the molecule is C1CCC(N(C2CCC3CCC4CCCCC4C3C2)C2CCCC3C4CCC5OC6CCCCC6C5C4SC32)CC1. The minimum Gasteiger partial charge on any atom is -0.374 e. The molecule has 9 aliphatic rings. The third kappa shape index (κ3) is 4.76. The lowest BCUT2D eigenvalue weighted by Gasteiger charge is -2.55. The normalized spacial score (nSPS) is 53.5. The molecule has 230 valence electrons. The summed E-state index contributed by atoms with van der Waals surface area (Å²) in [5, 5.41) is 1.87. The number of hydrogen-bond acceptors (Lipinski definition) is 3. The fourth-order valence-electron chi connectivity index (χ4n) is 14.0. The summed E-state index contributed by atoms with van der Waals surface area (Å²) in [6.07, 6.45) is 36.2. The second kappa shape index (κ2) is 11.6. The molecule has 0 bridgehead atoms. The van der Waals surface area contributed by atoms with E-state index in [4.69, 9.17) is 4.74 Å². The molecule has 9 rings (SSSR count). The zero-order chi connectivity index (χ0) is 26.9. The molecule has 7 aliphatic carbocycles. The lowest BCUT2D eigenvalue weighted by Crippen LogP contribution is -2.58. The average Bonchev–Trinajstić information content (AvgIpc) is 3.60. The standard InChI is InChI=1S/C38H61NOS/c1-2-10-26(11-3-1)39(27-20-19-25-18-17-24-9-4-5-12-28(24)32(25)23-27)33-15-8-14-29-30-21-22-35-36(38(30)41-37(29)33)31-13-6-7-16-34(31)40-35/h24-38H,1-23H2. The largest absolute Gasteiger partial charge is 0.374 e. The summed E-state index contributed by atoms with van der Waals surface area (Å²) in [4.78, 5) is 3.38. The summed E-state index contributed by atoms with van der Waals surface area (Å²) >= 11 is 2.59. The Morgan fingerprint density at radius 1 is 0.439 bits per heavy atom. The summed E-state index contributed by atoms with van der Waals surface area (Å²) < 4.78 is 6.87. The van der Waals surface area contributed by atoms with Crippen molar-refractivity contribution >= 4 is 11.8 Å². The van der Waals surface area contributed by atoms with Crippen LogP contribution in [0.1, 0.15) is 148 Å². The van der Waals surface area contributed by atoms with E-state index in [1.807, 2.05) is 0 Å². The number of rotatable bonds is 3. The smallest absolute Gasteiger partial charge is 0.0621 e. The van der Waals surface area contributed by atoms with Gasteiger partial charge in [-0.15, -0.1) is 0 Å². The number of nitrogens with zero attached hydrogens (tertiary/aromatic N) is 1. The topological polar surface area (TPSA) is 12.5 Å². The van der Waals surface area contributed by atoms with Crippen LogP contribution in [0.4, 0.5) is 0 Å². The maximum absolute atomic E-state index is 6.87. The Labute approximate surface area is 256 Å². The van der Waals surface area contributed by atoms with E-state index in [1.165, 1.54) is 89.9 Å². The van der Waals surface area contributed by atoms with E-state index in [0.29, 0.717) is 12.2 Å². The van der Waals surface area contributed by atoms with E-state index in [9.17, 15) is 0 Å². The van der Waals surface area contributed by atoms with Crippen LogP contribution in [-0.2, 0) is 4.74 Å². The van der Waals surface area contributed by atoms with Crippen LogP contribution in [0.15, 0.2) is 0 Å². The van der Waals surface area contributed by atoms with Crippen LogP contribution in [0.2, 0.25) is 0 Å². The van der Waals surface area contributed by atoms with E-state index in [1.54, 1.807) is 57.8 Å². The first-order chi connectivity index (χ1) is 20.3. The molecule has 0 amide bonds. The van der Waals surface area contributed by atoms with Crippen molar-refractivity contribution < 1.29 is 4.74 Å². The predicted octanol–water partition coefficient (Wildman–Crippen LogP) is 9.64. The van der Waals surface area contributed by atoms with Gasteiger partial charge in [-0.25, -0.2) is 0 Å². The van der Waals surface area contributed by atoms with Crippen LogP contribution in [0.3, 0.4) is 0 Å². The van der Waals surface area contributed by atoms with E-state index in [0.717, 1.165) is 76.0 Å². The monoisotopic (exact) mass is 579 g/mol. The molecule has 14 unspecified atom stereocenters. The highest BCUT2D eigenvalue weighted by atomic mass is 32.2. The van der Waals surface area contributed by atoms with Gasteiger partial charge in [0.15, 0.2) is 0 Å². The maximum Gasteiger partial charge on any atom is 0.0621 e. The second-order valence-electron chi connectivity index (χ2n) is 17.1. The molecule has 2 heterocycles. The van der Waals surface area contributed by atoms with Crippen molar-refractivity contribution in [1.82, 2.24) is 4.90 Å². The van der Waals surface area contributed by atoms with Crippen molar-refractivity contribution in [1.29, 1.82) is 0 Å². The van der Waals surface area contributed by atoms with Crippen LogP contribution in [0, 0.1) is 47.3 Å². The van der Waals surface area contributed by atoms with Crippen LogP contribution in [0.5, 0.6) is 0 Å². The molecular formula is C38H61NOS. The molecule has 7 saturated carbocycles. The predicted molar refractivity (Wildman–Crippen MR) is 171 cm³/mol. The molecule has 0 aromatic carbocycles. The van der Waals surface area contributed by atoms with E-state index in [2.05, 4.69) is 16.7 Å². The fourth-order valence-corrected chi connectivity index (χ4v) is 16.5. The first kappa shape index (κ1) is 27.6. The van der Waals surface area contributed by atoms with E-state index >= 15 is 0 Å². The summed E-state index contributed by atoms with van der Waals surface area (Å²) in [6.45, 7) is 0. The summed E-state index contributed by atoms with van der Waals surface area (Å²) in [7, 11) is 0. The molecule has 2 nitrogen and oxygen atoms in total. The lowest BCUT2D eigenvalue weighted by molar-refractivity contribution is -0.0449. The fraction of sp³-hybridized carbons (Fsp3) is 1.00. The Morgan fingerprint density at radius 2 is 1.15 bits per heavy atom. The number of fused-ring (bicyclic) bond motifs is 10. The highest BCUT2D eigenvalue weighted by molar-refractivity contribution is 8.00. The van der Waals surface area contributed by atoms with Gasteiger partial charge in [-0.05, 0) is 131 Å². The van der Waals surface area contributed by atoms with Crippen molar-refractivity contribution in [3.63, 3.8) is 0 Å². The van der Waals surface area contributed by atoms with Gasteiger partial charge < -0.3 is 4.74 Å². The highest BCUT2D eigenvalue weighted by Gasteiger charge is 2.60. The molecule has 0 aromatic heterocycles. The number of thioether (sulfide) groups is 1. The third-order valence-corrected chi connectivity index (χ3v) is 17.5. The van der Waals surface area contributed by atoms with Crippen molar-refractivity contribution in [2.24, 2.45) is 47.3 Å². The lowest BCUT2D eigenvalue weighted by atomic mass is 9.57. The zero-order valence-corrected chi connectivity index (χ0v) is 27.0. The summed E-state index contributed by atoms with van der Waals surface area (Å²) in [6, 6.07) is 2.72. The Morgan fingerprint density at radius 3 is 2.05 bits per heavy atom. The summed E-state index contributed by atoms with van der Waals surface area (Å²) in [5.74, 6) is 8.22. The molecule has 41 heavy (non-hydrogen) atoms. The van der Waals surface area contributed by atoms with Crippen molar-refractivity contribution in [2.75, 3.05) is 0 Å². The third-order valence-electron chi connectivity index (χ3n) is 15.6. The van der Waals surface area contributed by atoms with Crippen LogP contribution < -0.4 is 0 Å². The Hall–Kier alpha value is 0.270. The maximum atomic E-state index is 6.87. The highest BCUT2D eigenvalue weighted by Crippen LogP contribution is 2.62. The molecule has 0 N–H and O–H groups in total. The first-order valence-corrected chi connectivity index (χ1v) is 20.4. The van der Waals surface area contributed by atoms with E-state index < -0.39 is 0 Å². The number of ether oxygens (including phenoxy) is 1. The quantitative estimate of drug-likeness (QED) is 0.330. The van der Waals surface area contributed by atoms with Crippen molar-refractivity contribution in [3.8, 4) is 0 Å². The van der Waals surface area contributed by atoms with Gasteiger partial charge in [-0.3, -0.25) is 4.90 Å². The summed E-state index contributed by atoms with van der Waals surface area (Å²) in [5.41, 5.74) is 0. The second-order valence-corrected chi connectivity index (χ2v) is 18.5. The number of hydrogen-bond donors (Lipinski definition) is 0.